The van der Waals surface area contributed by atoms with Gasteiger partial charge in [0.05, 0.1) is 19.2 Å². The van der Waals surface area contributed by atoms with Crippen molar-refractivity contribution in [3.63, 3.8) is 0 Å². The fourth-order valence-electron chi connectivity index (χ4n) is 4.01. The van der Waals surface area contributed by atoms with Gasteiger partial charge in [-0.2, -0.15) is 0 Å². The molecule has 7 heteroatoms. The zero-order valence-electron chi connectivity index (χ0n) is 17.0. The number of amides is 3. The molecule has 0 radical (unpaired) electrons. The molecule has 3 amide bonds. The van der Waals surface area contributed by atoms with Gasteiger partial charge in [-0.05, 0) is 30.5 Å². The summed E-state index contributed by atoms with van der Waals surface area (Å²) in [6.07, 6.45) is 2.14. The van der Waals surface area contributed by atoms with E-state index in [1.54, 1.807) is 18.1 Å². The molecule has 0 aromatic heterocycles. The second-order valence-corrected chi connectivity index (χ2v) is 7.56. The van der Waals surface area contributed by atoms with E-state index in [1.165, 1.54) is 4.90 Å². The molecular formula is C23H25N3O4. The zero-order chi connectivity index (χ0) is 21.1. The Bertz CT molecular complexity index is 960. The number of hydrogen-bond donors (Lipinski definition) is 1. The first-order chi connectivity index (χ1) is 14.6. The van der Waals surface area contributed by atoms with Gasteiger partial charge in [-0.15, -0.1) is 0 Å². The first-order valence-electron chi connectivity index (χ1n) is 10.2. The number of likely N-dealkylation sites (tertiary alicyclic amines) is 1. The molecule has 0 spiro atoms. The molecule has 156 valence electrons. The molecule has 2 aromatic rings. The SMILES string of the molecule is COc1cc(N[C@@H]2CC(=O)N(CCc3ccccc3)C2=O)ccc1N1CCCC1=O. The van der Waals surface area contributed by atoms with Gasteiger partial charge in [0.2, 0.25) is 11.8 Å². The van der Waals surface area contributed by atoms with Crippen molar-refractivity contribution < 1.29 is 19.1 Å². The number of nitrogens with zero attached hydrogens (tertiary/aromatic N) is 2. The van der Waals surface area contributed by atoms with Crippen molar-refractivity contribution >= 4 is 29.1 Å². The number of carbonyl (C=O) groups is 3. The van der Waals surface area contributed by atoms with Gasteiger partial charge in [-0.3, -0.25) is 19.3 Å². The normalized spacial score (nSPS) is 19.0. The molecule has 7 nitrogen and oxygen atoms in total. The molecule has 2 heterocycles. The van der Waals surface area contributed by atoms with E-state index >= 15 is 0 Å². The number of ether oxygens (including phenoxy) is 1. The Kier molecular flexibility index (Phi) is 5.70. The maximum absolute atomic E-state index is 12.8. The highest BCUT2D eigenvalue weighted by molar-refractivity contribution is 6.07. The molecule has 4 rings (SSSR count). The van der Waals surface area contributed by atoms with Crippen LogP contribution in [-0.2, 0) is 20.8 Å². The van der Waals surface area contributed by atoms with E-state index in [0.29, 0.717) is 37.4 Å². The van der Waals surface area contributed by atoms with Gasteiger partial charge in [0.15, 0.2) is 0 Å². The summed E-state index contributed by atoms with van der Waals surface area (Å²) in [4.78, 5) is 40.3. The van der Waals surface area contributed by atoms with E-state index in [1.807, 2.05) is 42.5 Å². The summed E-state index contributed by atoms with van der Waals surface area (Å²) in [7, 11) is 1.55. The number of carbonyl (C=O) groups excluding carboxylic acids is 3. The van der Waals surface area contributed by atoms with E-state index in [0.717, 1.165) is 17.7 Å². The van der Waals surface area contributed by atoms with Crippen LogP contribution in [0, 0.1) is 0 Å². The molecule has 0 bridgehead atoms. The third-order valence-corrected chi connectivity index (χ3v) is 5.60. The average Bonchev–Trinajstić information content (AvgIpc) is 3.30. The maximum atomic E-state index is 12.8. The second kappa shape index (κ2) is 8.57. The van der Waals surface area contributed by atoms with E-state index in [9.17, 15) is 14.4 Å². The molecule has 2 fully saturated rings. The van der Waals surface area contributed by atoms with Gasteiger partial charge in [0.1, 0.15) is 11.8 Å². The zero-order valence-corrected chi connectivity index (χ0v) is 17.0. The number of nitrogens with one attached hydrogen (secondary N) is 1. The first-order valence-corrected chi connectivity index (χ1v) is 10.2. The van der Waals surface area contributed by atoms with Crippen molar-refractivity contribution in [2.24, 2.45) is 0 Å². The van der Waals surface area contributed by atoms with Crippen LogP contribution in [0.15, 0.2) is 48.5 Å². The number of anilines is 2. The Morgan fingerprint density at radius 3 is 2.57 bits per heavy atom. The van der Waals surface area contributed by atoms with Crippen LogP contribution in [0.25, 0.3) is 0 Å². The molecule has 2 saturated heterocycles. The van der Waals surface area contributed by atoms with E-state index in [4.69, 9.17) is 4.74 Å². The standard InChI is InChI=1S/C23H25N3O4/c1-30-20-14-17(9-10-19(20)25-12-5-8-21(25)27)24-18-15-22(28)26(23(18)29)13-11-16-6-3-2-4-7-16/h2-4,6-7,9-10,14,18,24H,5,8,11-13,15H2,1H3/t18-/m1/s1. The van der Waals surface area contributed by atoms with Crippen molar-refractivity contribution in [3.8, 4) is 5.75 Å². The molecule has 2 aromatic carbocycles. The van der Waals surface area contributed by atoms with Crippen molar-refractivity contribution in [2.75, 3.05) is 30.4 Å². The highest BCUT2D eigenvalue weighted by Crippen LogP contribution is 2.34. The molecule has 0 aliphatic carbocycles. The fraction of sp³-hybridized carbons (Fsp3) is 0.348. The summed E-state index contributed by atoms with van der Waals surface area (Å²) >= 11 is 0. The Labute approximate surface area is 175 Å². The quantitative estimate of drug-likeness (QED) is 0.714. The Morgan fingerprint density at radius 1 is 1.07 bits per heavy atom. The minimum Gasteiger partial charge on any atom is -0.494 e. The summed E-state index contributed by atoms with van der Waals surface area (Å²) < 4.78 is 5.47. The van der Waals surface area contributed by atoms with Crippen LogP contribution in [0.1, 0.15) is 24.8 Å². The van der Waals surface area contributed by atoms with Gasteiger partial charge in [-0.1, -0.05) is 30.3 Å². The molecule has 0 saturated carbocycles. The van der Waals surface area contributed by atoms with Gasteiger partial charge in [0, 0.05) is 31.3 Å². The van der Waals surface area contributed by atoms with Gasteiger partial charge in [0.25, 0.3) is 5.91 Å². The minimum atomic E-state index is -0.600. The van der Waals surface area contributed by atoms with E-state index < -0.39 is 6.04 Å². The molecule has 2 aliphatic rings. The maximum Gasteiger partial charge on any atom is 0.252 e. The third-order valence-electron chi connectivity index (χ3n) is 5.60. The summed E-state index contributed by atoms with van der Waals surface area (Å²) in [6, 6.07) is 14.6. The largest absolute Gasteiger partial charge is 0.494 e. The molecule has 30 heavy (non-hydrogen) atoms. The summed E-state index contributed by atoms with van der Waals surface area (Å²) in [5.74, 6) is 0.265. The predicted molar refractivity (Wildman–Crippen MR) is 113 cm³/mol. The Balaban J connectivity index is 1.43. The monoisotopic (exact) mass is 407 g/mol. The van der Waals surface area contributed by atoms with Crippen LogP contribution in [0.4, 0.5) is 11.4 Å². The number of methoxy groups -OCH3 is 1. The van der Waals surface area contributed by atoms with Crippen LogP contribution in [0.2, 0.25) is 0 Å². The van der Waals surface area contributed by atoms with Crippen LogP contribution in [0.3, 0.4) is 0 Å². The van der Waals surface area contributed by atoms with Crippen molar-refractivity contribution in [1.82, 2.24) is 4.90 Å². The average molecular weight is 407 g/mol. The number of imide groups is 1. The molecule has 1 atom stereocenters. The second-order valence-electron chi connectivity index (χ2n) is 7.56. The Morgan fingerprint density at radius 2 is 1.87 bits per heavy atom. The fourth-order valence-corrected chi connectivity index (χ4v) is 4.01. The van der Waals surface area contributed by atoms with Crippen LogP contribution in [0.5, 0.6) is 5.75 Å². The highest BCUT2D eigenvalue weighted by atomic mass is 16.5. The lowest BCUT2D eigenvalue weighted by molar-refractivity contribution is -0.138. The third kappa shape index (κ3) is 4.01. The lowest BCUT2D eigenvalue weighted by Gasteiger charge is -2.21. The molecule has 2 aliphatic heterocycles. The van der Waals surface area contributed by atoms with Gasteiger partial charge in [-0.25, -0.2) is 0 Å². The number of rotatable bonds is 7. The lowest BCUT2D eigenvalue weighted by Crippen LogP contribution is -2.36. The lowest BCUT2D eigenvalue weighted by atomic mass is 10.1. The topological polar surface area (TPSA) is 79.0 Å². The van der Waals surface area contributed by atoms with Gasteiger partial charge < -0.3 is 15.0 Å². The summed E-state index contributed by atoms with van der Waals surface area (Å²) in [6.45, 7) is 1.05. The van der Waals surface area contributed by atoms with Crippen molar-refractivity contribution in [2.45, 2.75) is 31.7 Å². The van der Waals surface area contributed by atoms with Crippen molar-refractivity contribution in [3.05, 3.63) is 54.1 Å². The molecule has 0 unspecified atom stereocenters. The van der Waals surface area contributed by atoms with E-state index in [2.05, 4.69) is 5.32 Å². The minimum absolute atomic E-state index is 0.0830. The molecule has 1 N–H and O–H groups in total. The van der Waals surface area contributed by atoms with Crippen LogP contribution < -0.4 is 15.0 Å². The van der Waals surface area contributed by atoms with Crippen LogP contribution >= 0.6 is 0 Å². The smallest absolute Gasteiger partial charge is 0.252 e. The van der Waals surface area contributed by atoms with Crippen LogP contribution in [-0.4, -0.2) is 48.9 Å². The van der Waals surface area contributed by atoms with E-state index in [-0.39, 0.29) is 24.1 Å². The number of hydrogen-bond acceptors (Lipinski definition) is 5. The van der Waals surface area contributed by atoms with Gasteiger partial charge >= 0.3 is 0 Å². The first kappa shape index (κ1) is 19.9. The molecular weight excluding hydrogens is 382 g/mol. The van der Waals surface area contributed by atoms with Crippen molar-refractivity contribution in [1.29, 1.82) is 0 Å². The number of benzene rings is 2. The Hall–Kier alpha value is -3.35. The summed E-state index contributed by atoms with van der Waals surface area (Å²) in [5, 5.41) is 3.16. The predicted octanol–water partition coefficient (Wildman–Crippen LogP) is 2.60. The highest BCUT2D eigenvalue weighted by Gasteiger charge is 2.38. The summed E-state index contributed by atoms with van der Waals surface area (Å²) in [5.41, 5.74) is 2.49.